The third kappa shape index (κ3) is 8.02. The number of carbonyl (C=O) groups excluding carboxylic acids is 2. The van der Waals surface area contributed by atoms with Crippen molar-refractivity contribution in [3.8, 4) is 11.5 Å². The minimum Gasteiger partial charge on any atom is -0.497 e. The molecule has 0 fully saturated rings. The predicted octanol–water partition coefficient (Wildman–Crippen LogP) is 6.41. The van der Waals surface area contributed by atoms with Crippen LogP contribution in [-0.4, -0.2) is 35.5 Å². The number of methoxy groups -OCH3 is 1. The summed E-state index contributed by atoms with van der Waals surface area (Å²) in [4.78, 5) is 23.8. The number of carbonyl (C=O) groups is 2. The third-order valence-electron chi connectivity index (χ3n) is 5.63. The molecule has 0 aromatic heterocycles. The lowest BCUT2D eigenvalue weighted by molar-refractivity contribution is 0.0734. The van der Waals surface area contributed by atoms with Gasteiger partial charge in [0, 0.05) is 5.56 Å². The Bertz CT molecular complexity index is 1150. The van der Waals surface area contributed by atoms with Crippen LogP contribution in [0.25, 0.3) is 0 Å². The van der Waals surface area contributed by atoms with Crippen LogP contribution in [0.15, 0.2) is 72.8 Å². The van der Waals surface area contributed by atoms with Crippen LogP contribution in [0.3, 0.4) is 0 Å². The summed E-state index contributed by atoms with van der Waals surface area (Å²) < 4.78 is 17.6. The van der Waals surface area contributed by atoms with Gasteiger partial charge in [-0.15, -0.1) is 0 Å². The van der Waals surface area contributed by atoms with Crippen LogP contribution in [0.2, 0.25) is 26.2 Å². The van der Waals surface area contributed by atoms with Crippen LogP contribution in [-0.2, 0) is 16.2 Å². The van der Waals surface area contributed by atoms with Crippen LogP contribution in [0.5, 0.6) is 11.5 Å². The van der Waals surface area contributed by atoms with Crippen molar-refractivity contribution < 1.29 is 23.2 Å². The second kappa shape index (κ2) is 11.2. The second-order valence-electron chi connectivity index (χ2n) is 9.99. The summed E-state index contributed by atoms with van der Waals surface area (Å²) in [5.74, 6) is 0.868. The molecule has 0 unspecified atom stereocenters. The van der Waals surface area contributed by atoms with Gasteiger partial charge in [0.2, 0.25) is 0 Å². The molecule has 184 valence electrons. The third-order valence-corrected chi connectivity index (χ3v) is 12.6. The highest BCUT2D eigenvalue weighted by molar-refractivity contribution is 6.84. The number of esters is 1. The molecule has 0 spiro atoms. The molecule has 0 aliphatic rings. The number of rotatable bonds is 10. The highest BCUT2D eigenvalue weighted by Gasteiger charge is 2.33. The maximum Gasteiger partial charge on any atom is 0.343 e. The largest absolute Gasteiger partial charge is 0.497 e. The van der Waals surface area contributed by atoms with E-state index in [0.717, 1.165) is 17.8 Å². The topological polar surface area (TPSA) is 61.8 Å². The number of hydrogen-bond acceptors (Lipinski definition) is 5. The predicted molar refractivity (Wildman–Crippen MR) is 144 cm³/mol. The summed E-state index contributed by atoms with van der Waals surface area (Å²) in [6.45, 7) is 10.6. The van der Waals surface area contributed by atoms with Gasteiger partial charge in [0.15, 0.2) is 22.4 Å². The van der Waals surface area contributed by atoms with E-state index in [9.17, 15) is 9.59 Å². The number of Topliss-reactive ketones (excluding diaryl/α,β-unsaturated/α-hetero) is 1. The lowest BCUT2D eigenvalue weighted by Gasteiger charge is -2.34. The summed E-state index contributed by atoms with van der Waals surface area (Å²) in [5, 5.41) is 0. The summed E-state index contributed by atoms with van der Waals surface area (Å²) in [5.41, 5.74) is 3.41. The zero-order valence-corrected chi connectivity index (χ0v) is 23.4. The van der Waals surface area contributed by atoms with E-state index in [2.05, 4.69) is 38.3 Å². The average Bonchev–Trinajstić information content (AvgIpc) is 2.79. The quantitative estimate of drug-likeness (QED) is 0.138. The Hall–Kier alpha value is -3.01. The van der Waals surface area contributed by atoms with E-state index in [-0.39, 0.29) is 5.78 Å². The van der Waals surface area contributed by atoms with Crippen LogP contribution >= 0.6 is 0 Å². The van der Waals surface area contributed by atoms with Crippen molar-refractivity contribution in [1.82, 2.24) is 0 Å². The Labute approximate surface area is 210 Å². The lowest BCUT2D eigenvalue weighted by atomic mass is 10.1. The van der Waals surface area contributed by atoms with Gasteiger partial charge in [0.25, 0.3) is 0 Å². The molecule has 0 radical (unpaired) electrons. The molecule has 0 heterocycles. The number of benzene rings is 3. The Kier molecular flexibility index (Phi) is 8.48. The molecule has 0 aliphatic heterocycles. The Morgan fingerprint density at radius 2 is 1.09 bits per heavy atom. The van der Waals surface area contributed by atoms with E-state index < -0.39 is 22.6 Å². The van der Waals surface area contributed by atoms with Crippen LogP contribution in [0, 0.1) is 0 Å². The molecule has 0 saturated heterocycles. The fourth-order valence-electron chi connectivity index (χ4n) is 4.23. The van der Waals surface area contributed by atoms with E-state index >= 15 is 0 Å². The minimum atomic E-state index is -1.97. The fourth-order valence-corrected chi connectivity index (χ4v) is 13.2. The Balaban J connectivity index is 1.57. The molecule has 7 heteroatoms. The van der Waals surface area contributed by atoms with Crippen molar-refractivity contribution in [3.05, 3.63) is 95.1 Å². The molecule has 3 aromatic rings. The molecular weight excluding hydrogens is 472 g/mol. The number of ether oxygens (including phenoxy) is 2. The minimum absolute atomic E-state index is 0.0391. The first-order valence-corrected chi connectivity index (χ1v) is 17.9. The monoisotopic (exact) mass is 506 g/mol. The summed E-state index contributed by atoms with van der Waals surface area (Å²) >= 11 is 0. The van der Waals surface area contributed by atoms with Crippen molar-refractivity contribution in [3.63, 3.8) is 0 Å². The fraction of sp³-hybridized carbons (Fsp3) is 0.286. The standard InChI is InChI=1S/C28H34O5Si2/c1-21(29)24-11-13-25(14-12-24)28(30)32-27-17-9-23(10-18-27)20-35(5,6)33-34(3,4)19-22-7-15-26(31-2)16-8-22/h7-18H,19-20H2,1-6H3. The maximum absolute atomic E-state index is 12.4. The average molecular weight is 507 g/mol. The van der Waals surface area contributed by atoms with Crippen LogP contribution in [0.1, 0.15) is 38.8 Å². The van der Waals surface area contributed by atoms with E-state index in [4.69, 9.17) is 13.6 Å². The molecule has 0 aliphatic carbocycles. The molecule has 0 N–H and O–H groups in total. The highest BCUT2D eigenvalue weighted by atomic mass is 28.4. The second-order valence-corrected chi connectivity index (χ2v) is 18.6. The van der Waals surface area contributed by atoms with Crippen molar-refractivity contribution in [2.45, 2.75) is 45.2 Å². The Morgan fingerprint density at radius 1 is 0.657 bits per heavy atom. The van der Waals surface area contributed by atoms with Crippen LogP contribution in [0.4, 0.5) is 0 Å². The smallest absolute Gasteiger partial charge is 0.343 e. The van der Waals surface area contributed by atoms with Gasteiger partial charge < -0.3 is 13.6 Å². The first-order valence-electron chi connectivity index (χ1n) is 11.7. The molecule has 3 aromatic carbocycles. The van der Waals surface area contributed by atoms with Crippen LogP contribution < -0.4 is 9.47 Å². The molecule has 5 nitrogen and oxygen atoms in total. The molecular formula is C28H34O5Si2. The van der Waals surface area contributed by atoms with E-state index in [1.807, 2.05) is 36.4 Å². The highest BCUT2D eigenvalue weighted by Crippen LogP contribution is 2.24. The van der Waals surface area contributed by atoms with Crippen molar-refractivity contribution in [2.75, 3.05) is 7.11 Å². The molecule has 0 bridgehead atoms. The summed E-state index contributed by atoms with van der Waals surface area (Å²) in [6, 6.07) is 24.2. The summed E-state index contributed by atoms with van der Waals surface area (Å²) in [7, 11) is -2.20. The van der Waals surface area contributed by atoms with E-state index in [1.165, 1.54) is 18.1 Å². The molecule has 0 amide bonds. The maximum atomic E-state index is 12.4. The van der Waals surface area contributed by atoms with Gasteiger partial charge in [-0.05, 0) is 92.7 Å². The zero-order valence-electron chi connectivity index (χ0n) is 21.4. The van der Waals surface area contributed by atoms with Crippen molar-refractivity contribution in [2.24, 2.45) is 0 Å². The van der Waals surface area contributed by atoms with Gasteiger partial charge in [-0.2, -0.15) is 0 Å². The van der Waals surface area contributed by atoms with Crippen molar-refractivity contribution in [1.29, 1.82) is 0 Å². The Morgan fingerprint density at radius 3 is 1.51 bits per heavy atom. The number of hydrogen-bond donors (Lipinski definition) is 0. The van der Waals surface area contributed by atoms with Gasteiger partial charge in [0.05, 0.1) is 12.7 Å². The van der Waals surface area contributed by atoms with Crippen molar-refractivity contribution >= 4 is 28.4 Å². The molecule has 3 rings (SSSR count). The lowest BCUT2D eigenvalue weighted by Crippen LogP contribution is -2.47. The molecule has 35 heavy (non-hydrogen) atoms. The van der Waals surface area contributed by atoms with E-state index in [1.54, 1.807) is 31.4 Å². The van der Waals surface area contributed by atoms with E-state index in [0.29, 0.717) is 16.9 Å². The van der Waals surface area contributed by atoms with Gasteiger partial charge in [-0.25, -0.2) is 4.79 Å². The molecule has 0 atom stereocenters. The first kappa shape index (κ1) is 26.6. The van der Waals surface area contributed by atoms with Gasteiger partial charge in [0.1, 0.15) is 11.5 Å². The normalized spacial score (nSPS) is 11.7. The summed E-state index contributed by atoms with van der Waals surface area (Å²) in [6.07, 6.45) is 0. The van der Waals surface area contributed by atoms with Gasteiger partial charge >= 0.3 is 5.97 Å². The number of ketones is 1. The van der Waals surface area contributed by atoms with Gasteiger partial charge in [-0.1, -0.05) is 36.4 Å². The molecule has 0 saturated carbocycles. The SMILES string of the molecule is COc1ccc(C[Si](C)(C)O[Si](C)(C)Cc2ccc(OC(=O)c3ccc(C(C)=O)cc3)cc2)cc1. The zero-order chi connectivity index (χ0) is 25.6. The van der Waals surface area contributed by atoms with Gasteiger partial charge in [-0.3, -0.25) is 4.79 Å². The first-order chi connectivity index (χ1) is 16.5.